The number of amides is 2. The van der Waals surface area contributed by atoms with Gasteiger partial charge < -0.3 is 10.2 Å². The molecule has 0 saturated carbocycles. The first kappa shape index (κ1) is 17.3. The Bertz CT molecular complexity index is 747. The molecule has 2 aromatic rings. The molecule has 0 heterocycles. The van der Waals surface area contributed by atoms with Crippen molar-refractivity contribution < 1.29 is 9.59 Å². The smallest absolute Gasteiger partial charge is 0.316 e. The number of carbonyl (C=O) groups is 2. The lowest BCUT2D eigenvalue weighted by Gasteiger charge is -2.21. The Morgan fingerprint density at radius 3 is 2.52 bits per heavy atom. The van der Waals surface area contributed by atoms with Crippen LogP contribution in [0.15, 0.2) is 42.5 Å². The maximum Gasteiger partial charge on any atom is 0.316 e. The van der Waals surface area contributed by atoms with Gasteiger partial charge in [0.05, 0.1) is 10.7 Å². The number of rotatable bonds is 3. The Balaban J connectivity index is 2.20. The van der Waals surface area contributed by atoms with Gasteiger partial charge in [-0.3, -0.25) is 9.59 Å². The number of hydrogen-bond acceptors (Lipinski definition) is 2. The van der Waals surface area contributed by atoms with Crippen LogP contribution >= 0.6 is 23.2 Å². The molecule has 0 aromatic heterocycles. The maximum atomic E-state index is 12.4. The van der Waals surface area contributed by atoms with Crippen LogP contribution in [0.1, 0.15) is 12.5 Å². The van der Waals surface area contributed by atoms with E-state index in [0.29, 0.717) is 28.0 Å². The number of hydrogen-bond donors (Lipinski definition) is 1. The predicted octanol–water partition coefficient (Wildman–Crippen LogP) is 4.29. The monoisotopic (exact) mass is 350 g/mol. The summed E-state index contributed by atoms with van der Waals surface area (Å²) in [6, 6.07) is 12.1. The highest BCUT2D eigenvalue weighted by Crippen LogP contribution is 2.25. The van der Waals surface area contributed by atoms with Crippen LogP contribution in [0.4, 0.5) is 11.4 Å². The largest absolute Gasteiger partial charge is 0.316 e. The molecule has 0 fully saturated rings. The van der Waals surface area contributed by atoms with E-state index >= 15 is 0 Å². The van der Waals surface area contributed by atoms with E-state index in [0.717, 1.165) is 5.56 Å². The predicted molar refractivity (Wildman–Crippen MR) is 94.3 cm³/mol. The number of likely N-dealkylation sites (N-methyl/N-ethyl adjacent to an activating group) is 1. The third-order valence-corrected chi connectivity index (χ3v) is 3.81. The van der Waals surface area contributed by atoms with Crippen molar-refractivity contribution in [3.63, 3.8) is 0 Å². The summed E-state index contributed by atoms with van der Waals surface area (Å²) < 4.78 is 0. The molecule has 0 spiro atoms. The molecule has 0 unspecified atom stereocenters. The Morgan fingerprint density at radius 2 is 1.87 bits per heavy atom. The molecule has 6 heteroatoms. The zero-order valence-electron chi connectivity index (χ0n) is 12.8. The highest BCUT2D eigenvalue weighted by Gasteiger charge is 2.23. The lowest BCUT2D eigenvalue weighted by atomic mass is 10.2. The molecule has 0 radical (unpaired) electrons. The van der Waals surface area contributed by atoms with E-state index < -0.39 is 11.8 Å². The molecule has 0 aliphatic heterocycles. The normalized spacial score (nSPS) is 10.3. The van der Waals surface area contributed by atoms with Gasteiger partial charge in [0.15, 0.2) is 0 Å². The third kappa shape index (κ3) is 4.24. The first-order valence-electron chi connectivity index (χ1n) is 7.07. The van der Waals surface area contributed by atoms with E-state index in [1.807, 2.05) is 25.1 Å². The lowest BCUT2D eigenvalue weighted by Crippen LogP contribution is -2.39. The molecular weight excluding hydrogens is 335 g/mol. The van der Waals surface area contributed by atoms with Crippen LogP contribution in [0.25, 0.3) is 0 Å². The minimum Gasteiger partial charge on any atom is -0.316 e. The Kier molecular flexibility index (Phi) is 5.64. The van der Waals surface area contributed by atoms with E-state index in [-0.39, 0.29) is 0 Å². The van der Waals surface area contributed by atoms with Crippen LogP contribution in [0, 0.1) is 6.92 Å². The van der Waals surface area contributed by atoms with Gasteiger partial charge in [0, 0.05) is 17.3 Å². The summed E-state index contributed by atoms with van der Waals surface area (Å²) in [5.41, 5.74) is 1.98. The van der Waals surface area contributed by atoms with Crippen LogP contribution in [-0.4, -0.2) is 18.4 Å². The van der Waals surface area contributed by atoms with Gasteiger partial charge in [0.25, 0.3) is 0 Å². The molecule has 1 N–H and O–H groups in total. The number of halogens is 2. The SMILES string of the molecule is CCN(C(=O)C(=O)Nc1cc(Cl)ccc1Cl)c1cccc(C)c1. The number of aryl methyl sites for hydroxylation is 1. The average molecular weight is 351 g/mol. The molecular formula is C17H16Cl2N2O2. The number of nitrogens with one attached hydrogen (secondary N) is 1. The van der Waals surface area contributed by atoms with Crippen molar-refractivity contribution in [1.82, 2.24) is 0 Å². The fourth-order valence-corrected chi connectivity index (χ4v) is 2.47. The number of carbonyl (C=O) groups excluding carboxylic acids is 2. The number of benzene rings is 2. The molecule has 23 heavy (non-hydrogen) atoms. The molecule has 0 saturated heterocycles. The lowest BCUT2D eigenvalue weighted by molar-refractivity contribution is -0.134. The third-order valence-electron chi connectivity index (χ3n) is 3.25. The number of anilines is 2. The fraction of sp³-hybridized carbons (Fsp3) is 0.176. The minimum absolute atomic E-state index is 0.304. The molecule has 0 aliphatic rings. The van der Waals surface area contributed by atoms with E-state index in [1.165, 1.54) is 11.0 Å². The van der Waals surface area contributed by atoms with E-state index in [2.05, 4.69) is 5.32 Å². The van der Waals surface area contributed by atoms with Crippen molar-refractivity contribution in [2.24, 2.45) is 0 Å². The summed E-state index contributed by atoms with van der Waals surface area (Å²) in [4.78, 5) is 26.1. The molecule has 120 valence electrons. The molecule has 4 nitrogen and oxygen atoms in total. The summed E-state index contributed by atoms with van der Waals surface area (Å²) in [6.07, 6.45) is 0. The van der Waals surface area contributed by atoms with Crippen molar-refractivity contribution in [2.75, 3.05) is 16.8 Å². The maximum absolute atomic E-state index is 12.4. The van der Waals surface area contributed by atoms with Gasteiger partial charge in [-0.25, -0.2) is 0 Å². The van der Waals surface area contributed by atoms with Crippen LogP contribution in [-0.2, 0) is 9.59 Å². The highest BCUT2D eigenvalue weighted by atomic mass is 35.5. The Morgan fingerprint density at radius 1 is 1.13 bits per heavy atom. The minimum atomic E-state index is -0.766. The quantitative estimate of drug-likeness (QED) is 0.839. The average Bonchev–Trinajstić information content (AvgIpc) is 2.51. The first-order valence-corrected chi connectivity index (χ1v) is 7.82. The summed E-state index contributed by atoms with van der Waals surface area (Å²) in [7, 11) is 0. The van der Waals surface area contributed by atoms with Gasteiger partial charge >= 0.3 is 11.8 Å². The Labute approximate surface area is 145 Å². The summed E-state index contributed by atoms with van der Waals surface area (Å²) in [5, 5.41) is 3.24. The highest BCUT2D eigenvalue weighted by molar-refractivity contribution is 6.45. The van der Waals surface area contributed by atoms with Crippen LogP contribution in [0.5, 0.6) is 0 Å². The van der Waals surface area contributed by atoms with Crippen LogP contribution in [0.2, 0.25) is 10.0 Å². The second-order valence-corrected chi connectivity index (χ2v) is 5.81. The second-order valence-electron chi connectivity index (χ2n) is 4.97. The van der Waals surface area contributed by atoms with Crippen LogP contribution in [0.3, 0.4) is 0 Å². The zero-order chi connectivity index (χ0) is 17.0. The molecule has 2 amide bonds. The van der Waals surface area contributed by atoms with Crippen molar-refractivity contribution in [3.8, 4) is 0 Å². The first-order chi connectivity index (χ1) is 10.9. The van der Waals surface area contributed by atoms with E-state index in [9.17, 15) is 9.59 Å². The van der Waals surface area contributed by atoms with Gasteiger partial charge in [-0.1, -0.05) is 35.3 Å². The summed E-state index contributed by atoms with van der Waals surface area (Å²) in [6.45, 7) is 4.10. The zero-order valence-corrected chi connectivity index (χ0v) is 14.3. The molecule has 0 atom stereocenters. The van der Waals surface area contributed by atoms with Crippen molar-refractivity contribution in [2.45, 2.75) is 13.8 Å². The second kappa shape index (κ2) is 7.49. The standard InChI is InChI=1S/C17H16Cl2N2O2/c1-3-21(13-6-4-5-11(2)9-13)17(23)16(22)20-15-10-12(18)7-8-14(15)19/h4-10H,3H2,1-2H3,(H,20,22). The van der Waals surface area contributed by atoms with E-state index in [1.54, 1.807) is 25.1 Å². The van der Waals surface area contributed by atoms with Gasteiger partial charge in [0.1, 0.15) is 0 Å². The Hall–Kier alpha value is -2.04. The number of nitrogens with zero attached hydrogens (tertiary/aromatic N) is 1. The van der Waals surface area contributed by atoms with Gasteiger partial charge in [-0.2, -0.15) is 0 Å². The van der Waals surface area contributed by atoms with Crippen molar-refractivity contribution in [3.05, 3.63) is 58.1 Å². The fourth-order valence-electron chi connectivity index (χ4n) is 2.13. The summed E-state index contributed by atoms with van der Waals surface area (Å²) in [5.74, 6) is -1.42. The summed E-state index contributed by atoms with van der Waals surface area (Å²) >= 11 is 11.9. The molecule has 0 aliphatic carbocycles. The van der Waals surface area contributed by atoms with Gasteiger partial charge in [0.2, 0.25) is 0 Å². The van der Waals surface area contributed by atoms with Crippen LogP contribution < -0.4 is 10.2 Å². The topological polar surface area (TPSA) is 49.4 Å². The molecule has 0 bridgehead atoms. The van der Waals surface area contributed by atoms with Crippen molar-refractivity contribution in [1.29, 1.82) is 0 Å². The van der Waals surface area contributed by atoms with Gasteiger partial charge in [-0.05, 0) is 49.7 Å². The van der Waals surface area contributed by atoms with E-state index in [4.69, 9.17) is 23.2 Å². The molecule has 2 rings (SSSR count). The van der Waals surface area contributed by atoms with Gasteiger partial charge in [-0.15, -0.1) is 0 Å². The molecule has 2 aromatic carbocycles. The van der Waals surface area contributed by atoms with Crippen molar-refractivity contribution >= 4 is 46.4 Å².